The van der Waals surface area contributed by atoms with E-state index in [-0.39, 0.29) is 17.8 Å². The van der Waals surface area contributed by atoms with Crippen molar-refractivity contribution in [2.45, 2.75) is 24.1 Å². The molecule has 1 aliphatic heterocycles. The van der Waals surface area contributed by atoms with Gasteiger partial charge in [0, 0.05) is 13.2 Å². The lowest BCUT2D eigenvalue weighted by Gasteiger charge is -2.13. The van der Waals surface area contributed by atoms with Crippen LogP contribution in [0.1, 0.15) is 12.8 Å². The van der Waals surface area contributed by atoms with Gasteiger partial charge in [-0.1, -0.05) is 23.9 Å². The molecule has 1 fully saturated rings. The fourth-order valence-corrected chi connectivity index (χ4v) is 3.95. The molecule has 0 spiro atoms. The van der Waals surface area contributed by atoms with Crippen molar-refractivity contribution in [3.05, 3.63) is 42.7 Å². The smallest absolute Gasteiger partial charge is 0.230 e. The second-order valence-corrected chi connectivity index (χ2v) is 7.46. The van der Waals surface area contributed by atoms with E-state index in [9.17, 15) is 4.79 Å². The number of nitrogens with one attached hydrogen (secondary N) is 1. The van der Waals surface area contributed by atoms with Crippen LogP contribution in [-0.2, 0) is 9.53 Å². The molecule has 9 heteroatoms. The Bertz CT molecular complexity index is 951. The number of aromatic nitrogens is 3. The molecular weight excluding hydrogens is 392 g/mol. The lowest BCUT2D eigenvalue weighted by Crippen LogP contribution is -2.32. The van der Waals surface area contributed by atoms with Gasteiger partial charge in [0.15, 0.2) is 10.9 Å². The minimum atomic E-state index is -0.0698. The molecule has 3 heterocycles. The van der Waals surface area contributed by atoms with Crippen molar-refractivity contribution < 1.29 is 18.7 Å². The van der Waals surface area contributed by atoms with Gasteiger partial charge >= 0.3 is 0 Å². The molecule has 8 nitrogen and oxygen atoms in total. The van der Waals surface area contributed by atoms with Gasteiger partial charge in [0.25, 0.3) is 0 Å². The summed E-state index contributed by atoms with van der Waals surface area (Å²) in [6.07, 6.45) is 3.74. The van der Waals surface area contributed by atoms with Crippen LogP contribution in [-0.4, -0.2) is 52.8 Å². The lowest BCUT2D eigenvalue weighted by molar-refractivity contribution is -0.119. The van der Waals surface area contributed by atoms with E-state index in [1.54, 1.807) is 19.4 Å². The Balaban J connectivity index is 1.54. The summed E-state index contributed by atoms with van der Waals surface area (Å²) in [5, 5.41) is 12.1. The first-order valence-electron chi connectivity index (χ1n) is 9.40. The second kappa shape index (κ2) is 9.15. The van der Waals surface area contributed by atoms with Gasteiger partial charge in [0.05, 0.1) is 30.9 Å². The van der Waals surface area contributed by atoms with E-state index in [4.69, 9.17) is 13.9 Å². The average molecular weight is 414 g/mol. The first-order chi connectivity index (χ1) is 14.3. The summed E-state index contributed by atoms with van der Waals surface area (Å²) in [5.74, 6) is 1.95. The van der Waals surface area contributed by atoms with Crippen molar-refractivity contribution in [2.24, 2.45) is 0 Å². The number of para-hydroxylation sites is 2. The number of carbonyl (C=O) groups is 1. The summed E-state index contributed by atoms with van der Waals surface area (Å²) < 4.78 is 18.4. The minimum Gasteiger partial charge on any atom is -0.495 e. The fraction of sp³-hybridized carbons (Fsp3) is 0.350. The minimum absolute atomic E-state index is 0.0698. The van der Waals surface area contributed by atoms with E-state index in [0.29, 0.717) is 29.0 Å². The van der Waals surface area contributed by atoms with Crippen molar-refractivity contribution in [2.75, 3.05) is 26.0 Å². The van der Waals surface area contributed by atoms with Gasteiger partial charge in [-0.3, -0.25) is 9.36 Å². The standard InChI is InChI=1S/C20H22N4O4S/c1-26-16-8-3-2-7-15(16)24-19(17-9-5-11-28-17)22-23-20(24)29-13-18(25)21-12-14-6-4-10-27-14/h2-3,5,7-9,11,14H,4,6,10,12-13H2,1H3,(H,21,25)/t14-/m1/s1. The van der Waals surface area contributed by atoms with Crippen LogP contribution in [0.25, 0.3) is 17.3 Å². The predicted molar refractivity (Wildman–Crippen MR) is 108 cm³/mol. The Morgan fingerprint density at radius 2 is 2.21 bits per heavy atom. The molecule has 29 heavy (non-hydrogen) atoms. The normalized spacial score (nSPS) is 16.1. The molecule has 1 atom stereocenters. The summed E-state index contributed by atoms with van der Waals surface area (Å²) in [4.78, 5) is 12.3. The monoisotopic (exact) mass is 414 g/mol. The Morgan fingerprint density at radius 1 is 1.31 bits per heavy atom. The molecule has 1 amide bonds. The summed E-state index contributed by atoms with van der Waals surface area (Å²) >= 11 is 1.31. The van der Waals surface area contributed by atoms with Crippen LogP contribution in [0.15, 0.2) is 52.2 Å². The van der Waals surface area contributed by atoms with Crippen LogP contribution in [0.2, 0.25) is 0 Å². The fourth-order valence-electron chi connectivity index (χ4n) is 3.17. The van der Waals surface area contributed by atoms with E-state index in [1.165, 1.54) is 11.8 Å². The molecule has 2 aromatic heterocycles. The molecule has 1 N–H and O–H groups in total. The van der Waals surface area contributed by atoms with E-state index in [2.05, 4.69) is 15.5 Å². The quantitative estimate of drug-likeness (QED) is 0.567. The molecule has 1 aromatic carbocycles. The summed E-state index contributed by atoms with van der Waals surface area (Å²) in [6, 6.07) is 11.2. The highest BCUT2D eigenvalue weighted by atomic mass is 32.2. The largest absolute Gasteiger partial charge is 0.495 e. The number of benzene rings is 1. The van der Waals surface area contributed by atoms with Crippen LogP contribution in [0.3, 0.4) is 0 Å². The maximum absolute atomic E-state index is 12.3. The molecule has 1 saturated heterocycles. The molecule has 0 aliphatic carbocycles. The highest BCUT2D eigenvalue weighted by Gasteiger charge is 2.21. The molecule has 0 bridgehead atoms. The zero-order valence-electron chi connectivity index (χ0n) is 16.0. The SMILES string of the molecule is COc1ccccc1-n1c(SCC(=O)NC[C@H]2CCCO2)nnc1-c1ccco1. The number of ether oxygens (including phenoxy) is 2. The first kappa shape index (κ1) is 19.5. The average Bonchev–Trinajstić information content (AvgIpc) is 3.52. The number of rotatable bonds is 8. The van der Waals surface area contributed by atoms with Crippen molar-refractivity contribution in [3.8, 4) is 23.0 Å². The number of methoxy groups -OCH3 is 1. The third-order valence-electron chi connectivity index (χ3n) is 4.58. The zero-order valence-corrected chi connectivity index (χ0v) is 16.9. The van der Waals surface area contributed by atoms with E-state index in [1.807, 2.05) is 34.9 Å². The molecule has 0 saturated carbocycles. The number of furan rings is 1. The van der Waals surface area contributed by atoms with Gasteiger partial charge < -0.3 is 19.2 Å². The van der Waals surface area contributed by atoms with Gasteiger partial charge in [-0.25, -0.2) is 0 Å². The molecule has 0 unspecified atom stereocenters. The Hall–Kier alpha value is -2.78. The van der Waals surface area contributed by atoms with Gasteiger partial charge in [-0.15, -0.1) is 10.2 Å². The zero-order chi connectivity index (χ0) is 20.1. The second-order valence-electron chi connectivity index (χ2n) is 6.52. The molecule has 3 aromatic rings. The van der Waals surface area contributed by atoms with Crippen LogP contribution >= 0.6 is 11.8 Å². The summed E-state index contributed by atoms with van der Waals surface area (Å²) in [6.45, 7) is 1.31. The van der Waals surface area contributed by atoms with Crippen molar-refractivity contribution in [1.82, 2.24) is 20.1 Å². The van der Waals surface area contributed by atoms with Gasteiger partial charge in [0.1, 0.15) is 5.75 Å². The Labute approximate surface area is 172 Å². The third kappa shape index (κ3) is 4.46. The van der Waals surface area contributed by atoms with E-state index < -0.39 is 0 Å². The third-order valence-corrected chi connectivity index (χ3v) is 5.51. The number of nitrogens with zero attached hydrogens (tertiary/aromatic N) is 3. The summed E-state index contributed by atoms with van der Waals surface area (Å²) in [5.41, 5.74) is 0.772. The lowest BCUT2D eigenvalue weighted by atomic mass is 10.2. The Kier molecular flexibility index (Phi) is 6.16. The number of hydrogen-bond acceptors (Lipinski definition) is 7. The highest BCUT2D eigenvalue weighted by Crippen LogP contribution is 2.32. The van der Waals surface area contributed by atoms with Crippen LogP contribution < -0.4 is 10.1 Å². The number of hydrogen-bond donors (Lipinski definition) is 1. The van der Waals surface area contributed by atoms with Crippen molar-refractivity contribution in [1.29, 1.82) is 0 Å². The van der Waals surface area contributed by atoms with E-state index in [0.717, 1.165) is 25.1 Å². The van der Waals surface area contributed by atoms with Crippen LogP contribution in [0.5, 0.6) is 5.75 Å². The maximum Gasteiger partial charge on any atom is 0.230 e. The van der Waals surface area contributed by atoms with Crippen LogP contribution in [0, 0.1) is 0 Å². The topological polar surface area (TPSA) is 91.4 Å². The van der Waals surface area contributed by atoms with Crippen LogP contribution in [0.4, 0.5) is 0 Å². The molecular formula is C20H22N4O4S. The van der Waals surface area contributed by atoms with Crippen molar-refractivity contribution in [3.63, 3.8) is 0 Å². The Morgan fingerprint density at radius 3 is 2.97 bits per heavy atom. The number of amides is 1. The molecule has 4 rings (SSSR count). The van der Waals surface area contributed by atoms with Crippen molar-refractivity contribution >= 4 is 17.7 Å². The highest BCUT2D eigenvalue weighted by molar-refractivity contribution is 7.99. The molecule has 152 valence electrons. The van der Waals surface area contributed by atoms with Gasteiger partial charge in [-0.05, 0) is 37.1 Å². The molecule has 1 aliphatic rings. The van der Waals surface area contributed by atoms with Gasteiger partial charge in [-0.2, -0.15) is 0 Å². The van der Waals surface area contributed by atoms with Gasteiger partial charge in [0.2, 0.25) is 11.7 Å². The first-order valence-corrected chi connectivity index (χ1v) is 10.4. The number of thioether (sulfide) groups is 1. The summed E-state index contributed by atoms with van der Waals surface area (Å²) in [7, 11) is 1.61. The number of carbonyl (C=O) groups excluding carboxylic acids is 1. The molecule has 0 radical (unpaired) electrons. The predicted octanol–water partition coefficient (Wildman–Crippen LogP) is 2.92. The van der Waals surface area contributed by atoms with E-state index >= 15 is 0 Å². The maximum atomic E-state index is 12.3.